The molecule has 0 N–H and O–H groups in total. The highest BCUT2D eigenvalue weighted by atomic mass is 79.9. The molecule has 0 aromatic heterocycles. The molecule has 0 radical (unpaired) electrons. The van der Waals surface area contributed by atoms with Crippen molar-refractivity contribution in [1.82, 2.24) is 0 Å². The molecule has 1 atom stereocenters. The molecular formula is C16H13BrNO4S-. The van der Waals surface area contributed by atoms with E-state index < -0.39 is 16.0 Å². The third-order valence-corrected chi connectivity index (χ3v) is 6.77. The lowest BCUT2D eigenvalue weighted by Crippen LogP contribution is -2.36. The van der Waals surface area contributed by atoms with E-state index >= 15 is 0 Å². The van der Waals surface area contributed by atoms with Gasteiger partial charge in [0.2, 0.25) is 0 Å². The fourth-order valence-electron chi connectivity index (χ4n) is 2.84. The van der Waals surface area contributed by atoms with Crippen molar-refractivity contribution in [1.29, 1.82) is 0 Å². The van der Waals surface area contributed by atoms with Crippen LogP contribution in [0.5, 0.6) is 0 Å². The van der Waals surface area contributed by atoms with Gasteiger partial charge in [0.05, 0.1) is 11.7 Å². The van der Waals surface area contributed by atoms with E-state index in [1.54, 1.807) is 12.1 Å². The Labute approximate surface area is 142 Å². The lowest BCUT2D eigenvalue weighted by molar-refractivity contribution is -0.255. The van der Waals surface area contributed by atoms with Crippen LogP contribution in [-0.4, -0.2) is 20.4 Å². The Hall–Kier alpha value is -1.86. The molecule has 23 heavy (non-hydrogen) atoms. The third kappa shape index (κ3) is 2.64. The number of aromatic carboxylic acids is 1. The molecule has 0 saturated carbocycles. The van der Waals surface area contributed by atoms with Crippen LogP contribution in [0.2, 0.25) is 0 Å². The van der Waals surface area contributed by atoms with Crippen LogP contribution in [0.4, 0.5) is 5.69 Å². The molecule has 5 nitrogen and oxygen atoms in total. The predicted octanol–water partition coefficient (Wildman–Crippen LogP) is 1.95. The van der Waals surface area contributed by atoms with E-state index in [9.17, 15) is 18.3 Å². The number of hydrogen-bond donors (Lipinski definition) is 0. The van der Waals surface area contributed by atoms with E-state index in [0.717, 1.165) is 11.6 Å². The lowest BCUT2D eigenvalue weighted by Gasteiger charge is -2.25. The van der Waals surface area contributed by atoms with Gasteiger partial charge in [-0.05, 0) is 58.6 Å². The molecule has 0 saturated heterocycles. The zero-order valence-corrected chi connectivity index (χ0v) is 14.6. The number of nitrogens with zero attached hydrogens (tertiary/aromatic N) is 1. The zero-order valence-electron chi connectivity index (χ0n) is 12.2. The van der Waals surface area contributed by atoms with Crippen molar-refractivity contribution in [2.45, 2.75) is 24.3 Å². The van der Waals surface area contributed by atoms with E-state index in [4.69, 9.17) is 0 Å². The number of benzene rings is 2. The Morgan fingerprint density at radius 2 is 1.96 bits per heavy atom. The smallest absolute Gasteiger partial charge is 0.265 e. The largest absolute Gasteiger partial charge is 0.545 e. The summed E-state index contributed by atoms with van der Waals surface area (Å²) in [6.07, 6.45) is 0.618. The van der Waals surface area contributed by atoms with E-state index in [2.05, 4.69) is 15.9 Å². The number of carboxylic acids is 1. The van der Waals surface area contributed by atoms with Crippen LogP contribution in [0.25, 0.3) is 0 Å². The van der Waals surface area contributed by atoms with Crippen molar-refractivity contribution >= 4 is 37.6 Å². The molecular weight excluding hydrogens is 382 g/mol. The molecule has 2 aromatic rings. The van der Waals surface area contributed by atoms with Gasteiger partial charge < -0.3 is 9.90 Å². The Bertz CT molecular complexity index is 895. The van der Waals surface area contributed by atoms with Crippen molar-refractivity contribution in [2.24, 2.45) is 0 Å². The van der Waals surface area contributed by atoms with Crippen LogP contribution in [0.1, 0.15) is 22.8 Å². The molecule has 0 bridgehead atoms. The minimum Gasteiger partial charge on any atom is -0.545 e. The Balaban J connectivity index is 2.17. The van der Waals surface area contributed by atoms with Gasteiger partial charge in [0.25, 0.3) is 10.0 Å². The molecule has 120 valence electrons. The molecule has 2 aromatic carbocycles. The summed E-state index contributed by atoms with van der Waals surface area (Å²) in [5.74, 6) is -1.41. The van der Waals surface area contributed by atoms with Gasteiger partial charge in [0.15, 0.2) is 0 Å². The minimum atomic E-state index is -3.89. The van der Waals surface area contributed by atoms with E-state index in [-0.39, 0.29) is 16.5 Å². The van der Waals surface area contributed by atoms with Gasteiger partial charge in [0.1, 0.15) is 4.90 Å². The van der Waals surface area contributed by atoms with Crippen molar-refractivity contribution in [3.8, 4) is 0 Å². The highest BCUT2D eigenvalue weighted by Crippen LogP contribution is 2.38. The highest BCUT2D eigenvalue weighted by Gasteiger charge is 2.36. The molecule has 1 aliphatic heterocycles. The van der Waals surface area contributed by atoms with Crippen LogP contribution < -0.4 is 9.41 Å². The quantitative estimate of drug-likeness (QED) is 0.796. The number of para-hydroxylation sites is 1. The van der Waals surface area contributed by atoms with E-state index in [1.807, 2.05) is 19.1 Å². The van der Waals surface area contributed by atoms with Crippen molar-refractivity contribution in [3.63, 3.8) is 0 Å². The summed E-state index contributed by atoms with van der Waals surface area (Å²) >= 11 is 3.20. The fraction of sp³-hybridized carbons (Fsp3) is 0.188. The normalized spacial score (nSPS) is 17.1. The second kappa shape index (κ2) is 5.65. The molecule has 1 heterocycles. The molecule has 7 heteroatoms. The van der Waals surface area contributed by atoms with E-state index in [0.29, 0.717) is 16.6 Å². The molecule has 1 aliphatic rings. The maximum atomic E-state index is 13.1. The molecule has 0 aliphatic carbocycles. The van der Waals surface area contributed by atoms with Crippen LogP contribution in [0, 0.1) is 0 Å². The third-order valence-electron chi connectivity index (χ3n) is 3.85. The molecule has 3 rings (SSSR count). The second-order valence-electron chi connectivity index (χ2n) is 5.42. The summed E-state index contributed by atoms with van der Waals surface area (Å²) in [4.78, 5) is 11.0. The molecule has 0 unspecified atom stereocenters. The number of halogens is 1. The fourth-order valence-corrected chi connectivity index (χ4v) is 5.49. The average Bonchev–Trinajstić information content (AvgIpc) is 2.83. The maximum Gasteiger partial charge on any atom is 0.265 e. The standard InChI is InChI=1S/C16H14BrNO4S/c1-10-8-11-4-2-3-5-14(11)18(10)23(21,22)15-9-12(16(19)20)6-7-13(15)17/h2-7,9-10H,8H2,1H3,(H,19,20)/p-1/t10-/m0/s1. The number of fused-ring (bicyclic) bond motifs is 1. The predicted molar refractivity (Wildman–Crippen MR) is 87.7 cm³/mol. The summed E-state index contributed by atoms with van der Waals surface area (Å²) < 4.78 is 27.8. The van der Waals surface area contributed by atoms with Crippen LogP contribution >= 0.6 is 15.9 Å². The maximum absolute atomic E-state index is 13.1. The Morgan fingerprint density at radius 3 is 2.65 bits per heavy atom. The summed E-state index contributed by atoms with van der Waals surface area (Å²) in [6, 6.07) is 10.9. The lowest BCUT2D eigenvalue weighted by atomic mass is 10.1. The van der Waals surface area contributed by atoms with Gasteiger partial charge in [-0.15, -0.1) is 0 Å². The monoisotopic (exact) mass is 394 g/mol. The van der Waals surface area contributed by atoms with Crippen LogP contribution in [0.3, 0.4) is 0 Å². The number of carbonyl (C=O) groups is 1. The molecule has 0 spiro atoms. The highest BCUT2D eigenvalue weighted by molar-refractivity contribution is 9.10. The molecule has 0 fully saturated rings. The van der Waals surface area contributed by atoms with Gasteiger partial charge >= 0.3 is 0 Å². The first-order valence-electron chi connectivity index (χ1n) is 6.95. The van der Waals surface area contributed by atoms with Crippen molar-refractivity contribution in [3.05, 3.63) is 58.1 Å². The van der Waals surface area contributed by atoms with Gasteiger partial charge in [-0.3, -0.25) is 4.31 Å². The SMILES string of the molecule is C[C@H]1Cc2ccccc2N1S(=O)(=O)c1cc(C(=O)[O-])ccc1Br. The number of carbonyl (C=O) groups excluding carboxylic acids is 1. The summed E-state index contributed by atoms with van der Waals surface area (Å²) in [7, 11) is -3.89. The first kappa shape index (κ1) is 16.0. The molecule has 0 amide bonds. The zero-order chi connectivity index (χ0) is 16.8. The van der Waals surface area contributed by atoms with E-state index in [1.165, 1.54) is 16.4 Å². The number of hydrogen-bond acceptors (Lipinski definition) is 4. The van der Waals surface area contributed by atoms with Gasteiger partial charge in [0, 0.05) is 10.5 Å². The van der Waals surface area contributed by atoms with Gasteiger partial charge in [-0.25, -0.2) is 8.42 Å². The Kier molecular flexibility index (Phi) is 3.93. The van der Waals surface area contributed by atoms with Crippen molar-refractivity contribution in [2.75, 3.05) is 4.31 Å². The number of carboxylic acid groups (broad SMARTS) is 1. The first-order chi connectivity index (χ1) is 10.8. The summed E-state index contributed by atoms with van der Waals surface area (Å²) in [5.41, 5.74) is 1.41. The summed E-state index contributed by atoms with van der Waals surface area (Å²) in [6.45, 7) is 1.83. The van der Waals surface area contributed by atoms with Gasteiger partial charge in [-0.1, -0.05) is 24.3 Å². The number of rotatable bonds is 3. The summed E-state index contributed by atoms with van der Waals surface area (Å²) in [5, 5.41) is 11.0. The Morgan fingerprint density at radius 1 is 1.26 bits per heavy atom. The second-order valence-corrected chi connectivity index (χ2v) is 8.05. The first-order valence-corrected chi connectivity index (χ1v) is 9.19. The van der Waals surface area contributed by atoms with Crippen LogP contribution in [0.15, 0.2) is 51.8 Å². The van der Waals surface area contributed by atoms with Gasteiger partial charge in [-0.2, -0.15) is 0 Å². The number of anilines is 1. The topological polar surface area (TPSA) is 77.5 Å². The number of sulfonamides is 1. The van der Waals surface area contributed by atoms with Crippen molar-refractivity contribution < 1.29 is 18.3 Å². The average molecular weight is 395 g/mol. The van der Waals surface area contributed by atoms with Crippen LogP contribution in [-0.2, 0) is 16.4 Å². The minimum absolute atomic E-state index is 0.0808.